The van der Waals surface area contributed by atoms with Gasteiger partial charge in [0, 0.05) is 30.7 Å². The van der Waals surface area contributed by atoms with E-state index in [9.17, 15) is 4.79 Å². The molecule has 2 rings (SSSR count). The summed E-state index contributed by atoms with van der Waals surface area (Å²) in [7, 11) is 0. The number of aromatic nitrogens is 1. The van der Waals surface area contributed by atoms with E-state index >= 15 is 0 Å². The van der Waals surface area contributed by atoms with Crippen LogP contribution in [0.5, 0.6) is 0 Å². The molecular formula is C8H11N3OS. The van der Waals surface area contributed by atoms with Gasteiger partial charge in [0.25, 0.3) is 0 Å². The van der Waals surface area contributed by atoms with E-state index in [4.69, 9.17) is 0 Å². The molecule has 0 bridgehead atoms. The predicted octanol–water partition coefficient (Wildman–Crippen LogP) is 0.0749. The molecule has 2 heterocycles. The first-order valence-electron chi connectivity index (χ1n) is 4.21. The molecule has 70 valence electrons. The summed E-state index contributed by atoms with van der Waals surface area (Å²) < 4.78 is 0. The Balaban J connectivity index is 1.91. The topological polar surface area (TPSA) is 45.2 Å². The third-order valence-corrected chi connectivity index (χ3v) is 2.74. The number of carbonyl (C=O) groups excluding carboxylic acids is 1. The van der Waals surface area contributed by atoms with Gasteiger partial charge in [0.05, 0.1) is 12.1 Å². The highest BCUT2D eigenvalue weighted by molar-refractivity contribution is 7.09. The lowest BCUT2D eigenvalue weighted by Crippen LogP contribution is -2.46. The van der Waals surface area contributed by atoms with Crippen molar-refractivity contribution in [1.82, 2.24) is 15.2 Å². The first kappa shape index (κ1) is 8.65. The highest BCUT2D eigenvalue weighted by Crippen LogP contribution is 2.09. The van der Waals surface area contributed by atoms with E-state index < -0.39 is 0 Å². The van der Waals surface area contributed by atoms with Crippen molar-refractivity contribution < 1.29 is 4.79 Å². The summed E-state index contributed by atoms with van der Waals surface area (Å²) in [6.07, 6.45) is 1.86. The standard InChI is InChI=1S/C8H11N3OS/c12-8-5-11(2-1-10-8)4-7-3-9-6-13-7/h3,6H,1-2,4-5H2,(H,10,12). The second kappa shape index (κ2) is 3.85. The fourth-order valence-corrected chi connectivity index (χ4v) is 2.00. The van der Waals surface area contributed by atoms with Gasteiger partial charge in [-0.15, -0.1) is 11.3 Å². The SMILES string of the molecule is O=C1CN(Cc2cncs2)CCN1. The lowest BCUT2D eigenvalue weighted by atomic mass is 10.3. The van der Waals surface area contributed by atoms with Gasteiger partial charge in [-0.2, -0.15) is 0 Å². The summed E-state index contributed by atoms with van der Waals surface area (Å²) in [6.45, 7) is 3.05. The summed E-state index contributed by atoms with van der Waals surface area (Å²) in [6, 6.07) is 0. The number of nitrogens with one attached hydrogen (secondary N) is 1. The number of carbonyl (C=O) groups is 1. The van der Waals surface area contributed by atoms with Crippen LogP contribution < -0.4 is 5.32 Å². The Labute approximate surface area is 80.6 Å². The Morgan fingerprint density at radius 2 is 2.62 bits per heavy atom. The van der Waals surface area contributed by atoms with Gasteiger partial charge in [-0.25, -0.2) is 0 Å². The van der Waals surface area contributed by atoms with Gasteiger partial charge < -0.3 is 5.32 Å². The van der Waals surface area contributed by atoms with Crippen molar-refractivity contribution in [2.75, 3.05) is 19.6 Å². The molecule has 5 heteroatoms. The van der Waals surface area contributed by atoms with Crippen LogP contribution in [0.15, 0.2) is 11.7 Å². The zero-order valence-corrected chi connectivity index (χ0v) is 8.01. The second-order valence-electron chi connectivity index (χ2n) is 3.03. The van der Waals surface area contributed by atoms with E-state index in [2.05, 4.69) is 15.2 Å². The van der Waals surface area contributed by atoms with Crippen LogP contribution in [0.4, 0.5) is 0 Å². The van der Waals surface area contributed by atoms with Gasteiger partial charge in [0.2, 0.25) is 5.91 Å². The van der Waals surface area contributed by atoms with Crippen LogP contribution in [0.25, 0.3) is 0 Å². The number of rotatable bonds is 2. The number of amides is 1. The molecule has 0 aromatic carbocycles. The molecule has 1 N–H and O–H groups in total. The van der Waals surface area contributed by atoms with Crippen molar-refractivity contribution in [3.05, 3.63) is 16.6 Å². The summed E-state index contributed by atoms with van der Waals surface area (Å²) in [5, 5.41) is 2.80. The number of thiazole rings is 1. The summed E-state index contributed by atoms with van der Waals surface area (Å²) in [4.78, 5) is 18.4. The molecule has 1 aromatic heterocycles. The lowest BCUT2D eigenvalue weighted by molar-refractivity contribution is -0.124. The molecule has 1 amide bonds. The molecule has 1 aromatic rings. The van der Waals surface area contributed by atoms with Gasteiger partial charge in [-0.3, -0.25) is 14.7 Å². The third-order valence-electron chi connectivity index (χ3n) is 1.98. The van der Waals surface area contributed by atoms with Crippen LogP contribution in [0.3, 0.4) is 0 Å². The molecule has 1 fully saturated rings. The lowest BCUT2D eigenvalue weighted by Gasteiger charge is -2.25. The molecule has 0 unspecified atom stereocenters. The van der Waals surface area contributed by atoms with E-state index in [1.165, 1.54) is 4.88 Å². The van der Waals surface area contributed by atoms with E-state index in [1.807, 2.05) is 11.7 Å². The highest BCUT2D eigenvalue weighted by atomic mass is 32.1. The normalized spacial score (nSPS) is 18.6. The Morgan fingerprint density at radius 1 is 1.69 bits per heavy atom. The quantitative estimate of drug-likeness (QED) is 0.730. The Kier molecular flexibility index (Phi) is 2.56. The van der Waals surface area contributed by atoms with E-state index in [0.29, 0.717) is 6.54 Å². The zero-order valence-electron chi connectivity index (χ0n) is 7.19. The monoisotopic (exact) mass is 197 g/mol. The Morgan fingerprint density at radius 3 is 3.31 bits per heavy atom. The number of nitrogens with zero attached hydrogens (tertiary/aromatic N) is 2. The van der Waals surface area contributed by atoms with Crippen molar-refractivity contribution in [2.45, 2.75) is 6.54 Å². The van der Waals surface area contributed by atoms with Crippen molar-refractivity contribution in [1.29, 1.82) is 0 Å². The van der Waals surface area contributed by atoms with Crippen LogP contribution in [0.2, 0.25) is 0 Å². The molecule has 0 aliphatic carbocycles. The maximum atomic E-state index is 11.0. The Hall–Kier alpha value is -0.940. The number of hydrogen-bond donors (Lipinski definition) is 1. The highest BCUT2D eigenvalue weighted by Gasteiger charge is 2.16. The molecule has 4 nitrogen and oxygen atoms in total. The van der Waals surface area contributed by atoms with Crippen molar-refractivity contribution in [2.24, 2.45) is 0 Å². The van der Waals surface area contributed by atoms with Crippen molar-refractivity contribution in [3.63, 3.8) is 0 Å². The molecule has 13 heavy (non-hydrogen) atoms. The van der Waals surface area contributed by atoms with Gasteiger partial charge >= 0.3 is 0 Å². The predicted molar refractivity (Wildman–Crippen MR) is 50.4 cm³/mol. The number of hydrogen-bond acceptors (Lipinski definition) is 4. The van der Waals surface area contributed by atoms with Crippen molar-refractivity contribution in [3.8, 4) is 0 Å². The summed E-state index contributed by atoms with van der Waals surface area (Å²) >= 11 is 1.63. The van der Waals surface area contributed by atoms with Gasteiger partial charge in [0.1, 0.15) is 0 Å². The van der Waals surface area contributed by atoms with Crippen LogP contribution in [0, 0.1) is 0 Å². The fraction of sp³-hybridized carbons (Fsp3) is 0.500. The van der Waals surface area contributed by atoms with Crippen LogP contribution >= 0.6 is 11.3 Å². The zero-order chi connectivity index (χ0) is 9.10. The summed E-state index contributed by atoms with van der Waals surface area (Å²) in [5.41, 5.74) is 1.82. The largest absolute Gasteiger partial charge is 0.354 e. The van der Waals surface area contributed by atoms with Gasteiger partial charge in [0.15, 0.2) is 0 Å². The van der Waals surface area contributed by atoms with E-state index in [1.54, 1.807) is 11.3 Å². The fourth-order valence-electron chi connectivity index (χ4n) is 1.37. The minimum atomic E-state index is 0.121. The third kappa shape index (κ3) is 2.26. The molecule has 1 saturated heterocycles. The average molecular weight is 197 g/mol. The first-order valence-corrected chi connectivity index (χ1v) is 5.09. The molecule has 0 radical (unpaired) electrons. The molecule has 0 atom stereocenters. The maximum Gasteiger partial charge on any atom is 0.234 e. The van der Waals surface area contributed by atoms with Crippen LogP contribution in [-0.2, 0) is 11.3 Å². The number of piperazine rings is 1. The van der Waals surface area contributed by atoms with Crippen molar-refractivity contribution >= 4 is 17.2 Å². The maximum absolute atomic E-state index is 11.0. The summed E-state index contributed by atoms with van der Waals surface area (Å²) in [5.74, 6) is 0.121. The molecular weight excluding hydrogens is 186 g/mol. The van der Waals surface area contributed by atoms with Crippen LogP contribution in [-0.4, -0.2) is 35.4 Å². The second-order valence-corrected chi connectivity index (χ2v) is 4.00. The molecule has 1 aliphatic rings. The van der Waals surface area contributed by atoms with Gasteiger partial charge in [-0.1, -0.05) is 0 Å². The minimum Gasteiger partial charge on any atom is -0.354 e. The molecule has 0 spiro atoms. The first-order chi connectivity index (χ1) is 6.34. The van der Waals surface area contributed by atoms with E-state index in [-0.39, 0.29) is 5.91 Å². The Bertz CT molecular complexity index is 286. The average Bonchev–Trinajstić information content (AvgIpc) is 2.57. The molecule has 1 aliphatic heterocycles. The smallest absolute Gasteiger partial charge is 0.234 e. The van der Waals surface area contributed by atoms with Gasteiger partial charge in [-0.05, 0) is 0 Å². The minimum absolute atomic E-state index is 0.121. The van der Waals surface area contributed by atoms with Crippen LogP contribution in [0.1, 0.15) is 4.88 Å². The van der Waals surface area contributed by atoms with E-state index in [0.717, 1.165) is 19.6 Å². The molecule has 0 saturated carbocycles.